The standard InChI is InChI=1S/C44H48N6O10S3/c1-20-16-22-26-27-29-32(42(59-5)43-38(45-6-14-62-43)34(29)39(52)41(58-4)30(27)25(20)21(2)51)31-28(26)33(35-23(40(31)57-3)18-61-19-47-35)37-36(22)46-17-24(48-37)44(53)60-13-11-49-7-9-50(10-8-49)12-15-63(54,55)56/h16,24-25,46,48,52H,6-15,17-19H2,1-5H3,(H,54,55,56). The molecule has 0 amide bonds. The number of nitrogens with zero attached hydrogens (tertiary/aromatic N) is 4. The molecular formula is C44H48N6O10S3. The van der Waals surface area contributed by atoms with E-state index in [4.69, 9.17) is 33.5 Å². The highest BCUT2D eigenvalue weighted by Gasteiger charge is 2.40. The first-order chi connectivity index (χ1) is 30.4. The molecule has 4 heterocycles. The fraction of sp³-hybridized carbons (Fsp3) is 0.455. The van der Waals surface area contributed by atoms with Gasteiger partial charge in [-0.3, -0.25) is 29.1 Å². The number of Topliss-reactive ketones (excluding diaryl/α,β-unsaturated/α-hetero) is 1. The third-order valence-electron chi connectivity index (χ3n) is 13.1. The molecule has 2 unspecified atom stereocenters. The second kappa shape index (κ2) is 16.0. The molecular weight excluding hydrogens is 869 g/mol. The number of esters is 1. The van der Waals surface area contributed by atoms with Crippen LogP contribution in [0.1, 0.15) is 36.5 Å². The van der Waals surface area contributed by atoms with Gasteiger partial charge in [-0.1, -0.05) is 11.6 Å². The number of aromatic hydroxyl groups is 1. The fourth-order valence-electron chi connectivity index (χ4n) is 10.5. The first-order valence-electron chi connectivity index (χ1n) is 20.9. The van der Waals surface area contributed by atoms with Crippen LogP contribution in [-0.4, -0.2) is 143 Å². The topological polar surface area (TPSA) is 201 Å². The molecule has 2 atom stereocenters. The van der Waals surface area contributed by atoms with Crippen molar-refractivity contribution in [2.24, 2.45) is 9.98 Å². The lowest BCUT2D eigenvalue weighted by Gasteiger charge is -2.34. The molecule has 1 saturated heterocycles. The lowest BCUT2D eigenvalue weighted by atomic mass is 9.79. The van der Waals surface area contributed by atoms with Gasteiger partial charge < -0.3 is 34.7 Å². The number of fused-ring (bicyclic) bond motifs is 8. The van der Waals surface area contributed by atoms with Crippen molar-refractivity contribution in [2.45, 2.75) is 36.5 Å². The van der Waals surface area contributed by atoms with Crippen molar-refractivity contribution in [1.29, 1.82) is 0 Å². The van der Waals surface area contributed by atoms with Crippen LogP contribution in [-0.2, 0) is 30.2 Å². The Bertz CT molecular complexity index is 3080. The third-order valence-corrected chi connectivity index (χ3v) is 15.6. The zero-order valence-electron chi connectivity index (χ0n) is 35.6. The molecule has 0 saturated carbocycles. The molecule has 0 spiro atoms. The highest BCUT2D eigenvalue weighted by Crippen LogP contribution is 2.60. The Labute approximate surface area is 371 Å². The maximum atomic E-state index is 14.0. The molecule has 5 aromatic carbocycles. The number of carbonyl (C=O) groups is 2. The minimum Gasteiger partial charge on any atom is -0.504 e. The van der Waals surface area contributed by atoms with Crippen molar-refractivity contribution in [3.05, 3.63) is 33.0 Å². The second-order valence-electron chi connectivity index (χ2n) is 16.5. The highest BCUT2D eigenvalue weighted by atomic mass is 32.2. The van der Waals surface area contributed by atoms with Gasteiger partial charge in [0.05, 0.1) is 71.2 Å². The summed E-state index contributed by atoms with van der Waals surface area (Å²) in [5.41, 5.74) is 4.47. The van der Waals surface area contributed by atoms with Crippen molar-refractivity contribution in [2.75, 3.05) is 108 Å². The Hall–Kier alpha value is -4.79. The average Bonchev–Trinajstić information content (AvgIpc) is 3.41. The number of benzene rings is 5. The van der Waals surface area contributed by atoms with E-state index in [9.17, 15) is 23.1 Å². The predicted molar refractivity (Wildman–Crippen MR) is 246 cm³/mol. The lowest BCUT2D eigenvalue weighted by molar-refractivity contribution is -0.144. The van der Waals surface area contributed by atoms with Crippen LogP contribution in [0.5, 0.6) is 23.0 Å². The SMILES string of the molecule is COc1c(O)c2c3c(c(OC)c4c5c(OC)c6c(c7c8c(c9c(c(c1C(C(C)=O)C(C)=C9)c24)c75)NCC(C(=O)OCCN1CCN(CCS(=O)(=O)O)CC1)N8)=NCSC6)SCCN=3. The van der Waals surface area contributed by atoms with E-state index in [0.29, 0.717) is 89.8 Å². The van der Waals surface area contributed by atoms with E-state index in [1.54, 1.807) is 44.7 Å². The molecule has 1 aliphatic carbocycles. The van der Waals surface area contributed by atoms with E-state index < -0.39 is 28.0 Å². The summed E-state index contributed by atoms with van der Waals surface area (Å²) in [5, 5.41) is 27.0. The van der Waals surface area contributed by atoms with Crippen molar-refractivity contribution in [1.82, 2.24) is 9.80 Å². The number of nitrogens with one attached hydrogen (secondary N) is 2. The number of phenolic OH excluding ortho intramolecular Hbond substituents is 1. The number of hydrogen-bond acceptors (Lipinski definition) is 17. The fourth-order valence-corrected chi connectivity index (χ4v) is 12.7. The number of ketones is 1. The number of ether oxygens (including phenoxy) is 4. The van der Waals surface area contributed by atoms with E-state index in [0.717, 1.165) is 70.7 Å². The van der Waals surface area contributed by atoms with E-state index in [1.165, 1.54) is 7.11 Å². The number of piperazine rings is 1. The minimum atomic E-state index is -4.03. The number of thioether (sulfide) groups is 2. The molecule has 5 aromatic rings. The van der Waals surface area contributed by atoms with Gasteiger partial charge in [-0.15, -0.1) is 23.5 Å². The van der Waals surface area contributed by atoms with Gasteiger partial charge in [0.1, 0.15) is 29.9 Å². The third kappa shape index (κ3) is 6.63. The number of phenols is 1. The van der Waals surface area contributed by atoms with Gasteiger partial charge in [-0.25, -0.2) is 4.79 Å². The van der Waals surface area contributed by atoms with Crippen LogP contribution in [0.4, 0.5) is 11.4 Å². The number of allylic oxidation sites excluding steroid dienone is 1. The molecule has 4 aliphatic heterocycles. The number of rotatable bonds is 11. The van der Waals surface area contributed by atoms with Gasteiger partial charge in [0, 0.05) is 113 Å². The Morgan fingerprint density at radius 2 is 1.57 bits per heavy atom. The summed E-state index contributed by atoms with van der Waals surface area (Å²) in [4.78, 5) is 43.1. The van der Waals surface area contributed by atoms with Crippen molar-refractivity contribution >= 4 is 106 Å². The monoisotopic (exact) mass is 916 g/mol. The summed E-state index contributed by atoms with van der Waals surface area (Å²) in [7, 11) is 0.807. The maximum Gasteiger partial charge on any atom is 0.330 e. The summed E-state index contributed by atoms with van der Waals surface area (Å²) in [6.45, 7) is 7.85. The number of anilines is 2. The second-order valence-corrected chi connectivity index (χ2v) is 20.2. The van der Waals surface area contributed by atoms with E-state index >= 15 is 0 Å². The van der Waals surface area contributed by atoms with Gasteiger partial charge in [0.2, 0.25) is 0 Å². The number of carbonyl (C=O) groups excluding carboxylic acids is 2. The van der Waals surface area contributed by atoms with Crippen LogP contribution in [0.3, 0.4) is 0 Å². The molecule has 5 aliphatic rings. The zero-order valence-corrected chi connectivity index (χ0v) is 38.0. The van der Waals surface area contributed by atoms with Gasteiger partial charge in [-0.05, 0) is 19.2 Å². The van der Waals surface area contributed by atoms with Gasteiger partial charge in [0.15, 0.2) is 11.5 Å². The maximum absolute atomic E-state index is 14.0. The van der Waals surface area contributed by atoms with E-state index in [-0.39, 0.29) is 42.7 Å². The first-order valence-corrected chi connectivity index (χ1v) is 24.7. The number of methoxy groups -OCH3 is 3. The molecule has 16 nitrogen and oxygen atoms in total. The number of hydrogen-bond donors (Lipinski definition) is 4. The quantitative estimate of drug-likeness (QED) is 0.0630. The Kier molecular flexibility index (Phi) is 10.7. The van der Waals surface area contributed by atoms with Gasteiger partial charge >= 0.3 is 5.97 Å². The highest BCUT2D eigenvalue weighted by molar-refractivity contribution is 7.99. The lowest BCUT2D eigenvalue weighted by Crippen LogP contribution is -2.48. The zero-order chi connectivity index (χ0) is 44.1. The summed E-state index contributed by atoms with van der Waals surface area (Å²) in [5.74, 6) is 1.62. The Morgan fingerprint density at radius 1 is 0.873 bits per heavy atom. The van der Waals surface area contributed by atoms with E-state index in [2.05, 4.69) is 15.5 Å². The van der Waals surface area contributed by atoms with E-state index in [1.807, 2.05) is 17.9 Å². The molecule has 1 fully saturated rings. The van der Waals surface area contributed by atoms with Gasteiger partial charge in [0.25, 0.3) is 10.1 Å². The molecule has 332 valence electrons. The van der Waals surface area contributed by atoms with Crippen LogP contribution >= 0.6 is 23.5 Å². The summed E-state index contributed by atoms with van der Waals surface area (Å²) >= 11 is 3.29. The first kappa shape index (κ1) is 42.2. The molecule has 63 heavy (non-hydrogen) atoms. The smallest absolute Gasteiger partial charge is 0.330 e. The average molecular weight is 917 g/mol. The summed E-state index contributed by atoms with van der Waals surface area (Å²) in [6, 6.07) is -0.762. The minimum absolute atomic E-state index is 0.0839. The van der Waals surface area contributed by atoms with Crippen LogP contribution in [0.2, 0.25) is 0 Å². The summed E-state index contributed by atoms with van der Waals surface area (Å²) < 4.78 is 56.6. The molecule has 0 radical (unpaired) electrons. The largest absolute Gasteiger partial charge is 0.504 e. The normalized spacial score (nSPS) is 19.9. The van der Waals surface area contributed by atoms with Crippen molar-refractivity contribution < 1.29 is 46.6 Å². The Morgan fingerprint density at radius 3 is 2.27 bits per heavy atom. The van der Waals surface area contributed by atoms with Crippen molar-refractivity contribution in [3.63, 3.8) is 0 Å². The molecule has 0 bridgehead atoms. The molecule has 4 N–H and O–H groups in total. The van der Waals surface area contributed by atoms with Crippen LogP contribution in [0.25, 0.3) is 49.2 Å². The van der Waals surface area contributed by atoms with Crippen LogP contribution < -0.4 is 35.6 Å². The summed E-state index contributed by atoms with van der Waals surface area (Å²) in [6.07, 6.45) is 2.04. The van der Waals surface area contributed by atoms with Crippen LogP contribution in [0.15, 0.2) is 20.5 Å². The molecule has 19 heteroatoms. The molecule has 0 aromatic heterocycles. The van der Waals surface area contributed by atoms with Crippen molar-refractivity contribution in [3.8, 4) is 23.0 Å². The Balaban J connectivity index is 1.18. The predicted octanol–water partition coefficient (Wildman–Crippen LogP) is 4.36. The van der Waals surface area contributed by atoms with Crippen LogP contribution in [0, 0.1) is 0 Å². The van der Waals surface area contributed by atoms with Gasteiger partial charge in [-0.2, -0.15) is 8.42 Å². The molecule has 10 rings (SSSR count).